The number of aromatic nitrogens is 1. The Hall–Kier alpha value is -0.990. The molecule has 0 atom stereocenters. The third kappa shape index (κ3) is 2.08. The second-order valence-corrected chi connectivity index (χ2v) is 4.35. The molecule has 2 rings (SSSR count). The molecule has 1 N–H and O–H groups in total. The number of rotatable bonds is 3. The van der Waals surface area contributed by atoms with E-state index in [1.807, 2.05) is 6.07 Å². The summed E-state index contributed by atoms with van der Waals surface area (Å²) in [6, 6.07) is 5.48. The number of halogens is 2. The van der Waals surface area contributed by atoms with E-state index in [-0.39, 0.29) is 0 Å². The molecule has 2 nitrogen and oxygen atoms in total. The average molecular weight is 255 g/mol. The van der Waals surface area contributed by atoms with E-state index in [1.54, 1.807) is 18.3 Å². The van der Waals surface area contributed by atoms with Gasteiger partial charge in [-0.1, -0.05) is 30.1 Å². The van der Waals surface area contributed by atoms with Gasteiger partial charge in [-0.05, 0) is 24.6 Å². The van der Waals surface area contributed by atoms with Crippen LogP contribution in [-0.4, -0.2) is 11.5 Å². The molecule has 0 fully saturated rings. The van der Waals surface area contributed by atoms with Crippen LogP contribution in [0.2, 0.25) is 10.0 Å². The Labute approximate surface area is 105 Å². The van der Waals surface area contributed by atoms with Crippen LogP contribution in [0.3, 0.4) is 0 Å². The van der Waals surface area contributed by atoms with Gasteiger partial charge in [-0.15, -0.1) is 0 Å². The SMILES string of the molecule is CCCNc1ccnc2c(Cl)ccc(Cl)c12. The number of benzene rings is 1. The first-order chi connectivity index (χ1) is 7.74. The van der Waals surface area contributed by atoms with Gasteiger partial charge in [0.15, 0.2) is 0 Å². The van der Waals surface area contributed by atoms with Gasteiger partial charge in [0.25, 0.3) is 0 Å². The van der Waals surface area contributed by atoms with Crippen molar-refractivity contribution >= 4 is 39.8 Å². The summed E-state index contributed by atoms with van der Waals surface area (Å²) >= 11 is 12.3. The minimum Gasteiger partial charge on any atom is -0.384 e. The Kier molecular flexibility index (Phi) is 3.52. The summed E-state index contributed by atoms with van der Waals surface area (Å²) < 4.78 is 0. The number of hydrogen-bond donors (Lipinski definition) is 1. The fourth-order valence-corrected chi connectivity index (χ4v) is 2.06. The van der Waals surface area contributed by atoms with E-state index in [0.717, 1.165) is 29.6 Å². The van der Waals surface area contributed by atoms with Crippen LogP contribution < -0.4 is 5.32 Å². The first kappa shape index (κ1) is 11.5. The molecule has 0 amide bonds. The van der Waals surface area contributed by atoms with Gasteiger partial charge in [0.2, 0.25) is 0 Å². The Bertz CT molecular complexity index is 512. The summed E-state index contributed by atoms with van der Waals surface area (Å²) in [6.07, 6.45) is 2.80. The van der Waals surface area contributed by atoms with Gasteiger partial charge in [0.1, 0.15) is 0 Å². The fourth-order valence-electron chi connectivity index (χ4n) is 1.60. The highest BCUT2D eigenvalue weighted by molar-refractivity contribution is 6.40. The lowest BCUT2D eigenvalue weighted by Gasteiger charge is -2.10. The number of nitrogens with one attached hydrogen (secondary N) is 1. The molecule has 0 radical (unpaired) electrons. The maximum absolute atomic E-state index is 6.17. The quantitative estimate of drug-likeness (QED) is 0.881. The highest BCUT2D eigenvalue weighted by Gasteiger charge is 2.08. The molecular formula is C12H12Cl2N2. The lowest BCUT2D eigenvalue weighted by molar-refractivity contribution is 0.981. The van der Waals surface area contributed by atoms with Crippen molar-refractivity contribution in [2.24, 2.45) is 0 Å². The Morgan fingerprint density at radius 1 is 1.19 bits per heavy atom. The van der Waals surface area contributed by atoms with E-state index in [4.69, 9.17) is 23.2 Å². The van der Waals surface area contributed by atoms with Gasteiger partial charge in [-0.25, -0.2) is 0 Å². The summed E-state index contributed by atoms with van der Waals surface area (Å²) in [6.45, 7) is 3.02. The zero-order chi connectivity index (χ0) is 11.5. The van der Waals surface area contributed by atoms with E-state index in [1.165, 1.54) is 0 Å². The second kappa shape index (κ2) is 4.89. The van der Waals surface area contributed by atoms with Crippen LogP contribution in [0, 0.1) is 0 Å². The highest BCUT2D eigenvalue weighted by Crippen LogP contribution is 2.33. The Morgan fingerprint density at radius 2 is 1.94 bits per heavy atom. The molecule has 0 bridgehead atoms. The summed E-state index contributed by atoms with van der Waals surface area (Å²) in [5.41, 5.74) is 1.73. The molecule has 2 aromatic rings. The Balaban J connectivity index is 2.61. The lowest BCUT2D eigenvalue weighted by Crippen LogP contribution is -2.00. The number of nitrogens with zero attached hydrogens (tertiary/aromatic N) is 1. The minimum atomic E-state index is 0.625. The standard InChI is InChI=1S/C12H12Cl2N2/c1-2-6-15-10-5-7-16-12-9(14)4-3-8(13)11(10)12/h3-5,7H,2,6H2,1H3,(H,15,16). The maximum Gasteiger partial charge on any atom is 0.0923 e. The third-order valence-corrected chi connectivity index (χ3v) is 2.98. The summed E-state index contributed by atoms with van der Waals surface area (Å²) in [7, 11) is 0. The largest absolute Gasteiger partial charge is 0.384 e. The van der Waals surface area contributed by atoms with E-state index >= 15 is 0 Å². The second-order valence-electron chi connectivity index (χ2n) is 3.54. The van der Waals surface area contributed by atoms with Gasteiger partial charge < -0.3 is 5.32 Å². The molecule has 0 unspecified atom stereocenters. The first-order valence-corrected chi connectivity index (χ1v) is 5.96. The van der Waals surface area contributed by atoms with Crippen LogP contribution in [-0.2, 0) is 0 Å². The van der Waals surface area contributed by atoms with Crippen molar-refractivity contribution in [2.75, 3.05) is 11.9 Å². The first-order valence-electron chi connectivity index (χ1n) is 5.20. The molecule has 0 saturated carbocycles. The Morgan fingerprint density at radius 3 is 2.69 bits per heavy atom. The molecule has 4 heteroatoms. The zero-order valence-electron chi connectivity index (χ0n) is 8.93. The topological polar surface area (TPSA) is 24.9 Å². The predicted molar refractivity (Wildman–Crippen MR) is 70.5 cm³/mol. The van der Waals surface area contributed by atoms with E-state index in [2.05, 4.69) is 17.2 Å². The maximum atomic E-state index is 6.17. The molecule has 0 spiro atoms. The number of pyridine rings is 1. The molecule has 1 aromatic heterocycles. The summed E-state index contributed by atoms with van der Waals surface area (Å²) in [4.78, 5) is 4.25. The van der Waals surface area contributed by atoms with Crippen LogP contribution in [0.25, 0.3) is 10.9 Å². The van der Waals surface area contributed by atoms with Crippen molar-refractivity contribution in [3.63, 3.8) is 0 Å². The minimum absolute atomic E-state index is 0.625. The zero-order valence-corrected chi connectivity index (χ0v) is 10.4. The number of hydrogen-bond acceptors (Lipinski definition) is 2. The molecular weight excluding hydrogens is 243 g/mol. The van der Waals surface area contributed by atoms with Crippen molar-refractivity contribution in [1.29, 1.82) is 0 Å². The lowest BCUT2D eigenvalue weighted by atomic mass is 10.2. The van der Waals surface area contributed by atoms with Crippen LogP contribution >= 0.6 is 23.2 Å². The van der Waals surface area contributed by atoms with Gasteiger partial charge in [0.05, 0.1) is 15.6 Å². The van der Waals surface area contributed by atoms with Gasteiger partial charge >= 0.3 is 0 Å². The highest BCUT2D eigenvalue weighted by atomic mass is 35.5. The summed E-state index contributed by atoms with van der Waals surface area (Å²) in [5, 5.41) is 5.51. The molecule has 84 valence electrons. The predicted octanol–water partition coefficient (Wildman–Crippen LogP) is 4.36. The van der Waals surface area contributed by atoms with Crippen LogP contribution in [0.1, 0.15) is 13.3 Å². The van der Waals surface area contributed by atoms with Gasteiger partial charge in [0, 0.05) is 23.8 Å². The van der Waals surface area contributed by atoms with Crippen molar-refractivity contribution in [1.82, 2.24) is 4.98 Å². The molecule has 0 saturated heterocycles. The number of anilines is 1. The van der Waals surface area contributed by atoms with Crippen LogP contribution in [0.4, 0.5) is 5.69 Å². The molecule has 1 heterocycles. The normalized spacial score (nSPS) is 10.7. The average Bonchev–Trinajstić information content (AvgIpc) is 2.31. The molecule has 0 aliphatic heterocycles. The molecule has 1 aromatic carbocycles. The van der Waals surface area contributed by atoms with Crippen LogP contribution in [0.15, 0.2) is 24.4 Å². The molecule has 0 aliphatic rings. The van der Waals surface area contributed by atoms with Crippen molar-refractivity contribution in [2.45, 2.75) is 13.3 Å². The number of fused-ring (bicyclic) bond motifs is 1. The smallest absolute Gasteiger partial charge is 0.0923 e. The molecule has 0 aliphatic carbocycles. The monoisotopic (exact) mass is 254 g/mol. The van der Waals surface area contributed by atoms with Crippen LogP contribution in [0.5, 0.6) is 0 Å². The molecule has 16 heavy (non-hydrogen) atoms. The van der Waals surface area contributed by atoms with Gasteiger partial charge in [-0.3, -0.25) is 4.98 Å². The van der Waals surface area contributed by atoms with Gasteiger partial charge in [-0.2, -0.15) is 0 Å². The van der Waals surface area contributed by atoms with Crippen molar-refractivity contribution in [3.8, 4) is 0 Å². The van der Waals surface area contributed by atoms with E-state index in [9.17, 15) is 0 Å². The van der Waals surface area contributed by atoms with E-state index in [0.29, 0.717) is 10.0 Å². The van der Waals surface area contributed by atoms with E-state index < -0.39 is 0 Å². The third-order valence-electron chi connectivity index (χ3n) is 2.36. The fraction of sp³-hybridized carbons (Fsp3) is 0.250. The van der Waals surface area contributed by atoms with Crippen molar-refractivity contribution < 1.29 is 0 Å². The van der Waals surface area contributed by atoms with Crippen molar-refractivity contribution in [3.05, 3.63) is 34.4 Å². The summed E-state index contributed by atoms with van der Waals surface area (Å²) in [5.74, 6) is 0.